The third-order valence-electron chi connectivity index (χ3n) is 24.1. The van der Waals surface area contributed by atoms with Crippen molar-refractivity contribution >= 4 is 265 Å². The smallest absolute Gasteiger partial charge is 0.165 e. The minimum atomic E-state index is 0.888. The number of hydrogen-bond donors (Lipinski definition) is 0. The average molecular weight is 1520 g/mol. The molecular weight excluding hydrogens is 1460 g/mol. The fourth-order valence-corrected chi connectivity index (χ4v) is 22.7. The molecular formula is C102H53N9OS3. The van der Waals surface area contributed by atoms with Crippen LogP contribution in [0.2, 0.25) is 0 Å². The Morgan fingerprint density at radius 3 is 1.14 bits per heavy atom. The molecule has 0 fully saturated rings. The first-order chi connectivity index (χ1) is 57.0. The molecule has 0 bridgehead atoms. The molecule has 0 saturated heterocycles. The third-order valence-corrected chi connectivity index (χ3v) is 27.6. The summed E-state index contributed by atoms with van der Waals surface area (Å²) in [6.07, 6.45) is 0. The highest BCUT2D eigenvalue weighted by Crippen LogP contribution is 2.52. The number of rotatable bonds is 3. The van der Waals surface area contributed by atoms with E-state index in [9.17, 15) is 0 Å². The van der Waals surface area contributed by atoms with E-state index in [-0.39, 0.29) is 0 Å². The van der Waals surface area contributed by atoms with Gasteiger partial charge < -0.3 is 4.42 Å². The Hall–Kier alpha value is -14.6. The van der Waals surface area contributed by atoms with E-state index >= 15 is 0 Å². The van der Waals surface area contributed by atoms with Gasteiger partial charge in [-0.1, -0.05) is 212 Å². The van der Waals surface area contributed by atoms with E-state index in [2.05, 4.69) is 310 Å². The van der Waals surface area contributed by atoms with Crippen molar-refractivity contribution in [2.24, 2.45) is 0 Å². The zero-order chi connectivity index (χ0) is 74.6. The Bertz CT molecular complexity index is 9270. The number of fused-ring (bicyclic) bond motifs is 36. The number of nitrogens with zero attached hydrogens (tertiary/aromatic N) is 9. The SMILES string of the molecule is c1ccc(-c2ccc3nc4c5c6c(cc7c8ccccc8n(c4nc3c2)c75)sc2ccccc26)cc1.c1ccc(-c2ccc3nc4c5cc6c7ccccc7sc6c6c7ccccc7n(c4nc3c2)c56)cc1.c1ccc2c(c1)oc1ccc(-c3ccc4nc5c6cc7c8ccccc8sc7c7c8ccccc8n(c5nc4c3)c67)cc12. The number of aromatic nitrogens is 9. The molecule has 16 aromatic carbocycles. The summed E-state index contributed by atoms with van der Waals surface area (Å²) in [6, 6.07) is 114. The summed E-state index contributed by atoms with van der Waals surface area (Å²) in [5.74, 6) is 0. The first kappa shape index (κ1) is 62.1. The molecule has 530 valence electrons. The zero-order valence-corrected chi connectivity index (χ0v) is 63.2. The highest BCUT2D eigenvalue weighted by Gasteiger charge is 2.29. The molecule has 29 aromatic rings. The predicted molar refractivity (Wildman–Crippen MR) is 485 cm³/mol. The van der Waals surface area contributed by atoms with Crippen molar-refractivity contribution in [1.29, 1.82) is 0 Å². The molecule has 0 spiro atoms. The summed E-state index contributed by atoms with van der Waals surface area (Å²) < 4.78 is 21.0. The van der Waals surface area contributed by atoms with Gasteiger partial charge in [-0.05, 0) is 143 Å². The largest absolute Gasteiger partial charge is 0.456 e. The quantitative estimate of drug-likeness (QED) is 0.174. The maximum atomic E-state index is 6.07. The summed E-state index contributed by atoms with van der Waals surface area (Å²) >= 11 is 5.62. The van der Waals surface area contributed by atoms with E-state index in [1.165, 1.54) is 148 Å². The molecule has 115 heavy (non-hydrogen) atoms. The summed E-state index contributed by atoms with van der Waals surface area (Å²) in [5.41, 5.74) is 27.1. The van der Waals surface area contributed by atoms with Crippen LogP contribution in [-0.2, 0) is 0 Å². The van der Waals surface area contributed by atoms with E-state index in [1.807, 2.05) is 58.3 Å². The van der Waals surface area contributed by atoms with Gasteiger partial charge in [0.2, 0.25) is 0 Å². The van der Waals surface area contributed by atoms with Crippen molar-refractivity contribution in [3.63, 3.8) is 0 Å². The molecule has 13 heterocycles. The third kappa shape index (κ3) is 8.64. The van der Waals surface area contributed by atoms with Gasteiger partial charge in [0.05, 0.1) is 66.2 Å². The second kappa shape index (κ2) is 23.0. The monoisotopic (exact) mass is 1520 g/mol. The van der Waals surface area contributed by atoms with Crippen LogP contribution in [0.15, 0.2) is 326 Å². The molecule has 29 rings (SSSR count). The van der Waals surface area contributed by atoms with Crippen LogP contribution in [0.5, 0.6) is 0 Å². The molecule has 0 aliphatic carbocycles. The molecule has 13 heteroatoms. The van der Waals surface area contributed by atoms with Crippen molar-refractivity contribution in [2.75, 3.05) is 0 Å². The Kier molecular flexibility index (Phi) is 12.4. The molecule has 0 amide bonds. The Balaban J connectivity index is 0.0000000932. The van der Waals surface area contributed by atoms with Crippen LogP contribution in [0.25, 0.3) is 264 Å². The summed E-state index contributed by atoms with van der Waals surface area (Å²) in [4.78, 5) is 31.6. The first-order valence-corrected chi connectivity index (χ1v) is 41.1. The fraction of sp³-hybridized carbons (Fsp3) is 0. The lowest BCUT2D eigenvalue weighted by Gasteiger charge is -2.05. The maximum absolute atomic E-state index is 6.07. The van der Waals surface area contributed by atoms with Gasteiger partial charge in [-0.3, -0.25) is 13.2 Å². The molecule has 0 unspecified atom stereocenters. The minimum Gasteiger partial charge on any atom is -0.456 e. The van der Waals surface area contributed by atoms with Gasteiger partial charge in [0, 0.05) is 120 Å². The molecule has 13 aromatic heterocycles. The van der Waals surface area contributed by atoms with E-state index in [0.717, 1.165) is 116 Å². The van der Waals surface area contributed by atoms with Crippen LogP contribution < -0.4 is 0 Å². The highest BCUT2D eigenvalue weighted by molar-refractivity contribution is 7.27. The van der Waals surface area contributed by atoms with Gasteiger partial charge in [-0.15, -0.1) is 34.0 Å². The summed E-state index contributed by atoms with van der Waals surface area (Å²) in [6.45, 7) is 0. The highest BCUT2D eigenvalue weighted by atomic mass is 32.1. The normalized spacial score (nSPS) is 12.5. The van der Waals surface area contributed by atoms with Gasteiger partial charge in [0.25, 0.3) is 0 Å². The summed E-state index contributed by atoms with van der Waals surface area (Å²) in [5, 5.41) is 21.3. The van der Waals surface area contributed by atoms with Gasteiger partial charge in [0.1, 0.15) is 27.7 Å². The van der Waals surface area contributed by atoms with Crippen molar-refractivity contribution in [2.45, 2.75) is 0 Å². The average Bonchev–Trinajstić information content (AvgIpc) is 1.53. The lowest BCUT2D eigenvalue weighted by molar-refractivity contribution is 0.669. The Labute approximate surface area is 662 Å². The Morgan fingerprint density at radius 2 is 0.600 bits per heavy atom. The number of thiophene rings is 3. The molecule has 0 atom stereocenters. The van der Waals surface area contributed by atoms with Gasteiger partial charge >= 0.3 is 0 Å². The molecule has 0 aliphatic heterocycles. The lowest BCUT2D eigenvalue weighted by Crippen LogP contribution is -1.90. The molecule has 0 N–H and O–H groups in total. The standard InChI is InChI=1S/C38H19N3OS.2C32H17N3S/c1-4-10-30-24(9-1)34-36-27(19-26-23-8-3-6-12-33(23)43-37(26)34)35-38(41(30)36)40-29-18-21(13-15-28(29)39-35)20-14-16-32-25(17-20)22-7-2-5-11-31(22)42-32;1-2-8-18(9-3-1)19-14-15-24-25(16-19)34-32-29(33-24)23-17-22-20-10-5-7-13-27(20)36-31(22)28-21-11-4-6-12-26(21)35(32)30(23)28;1-2-8-18(9-3-1)19-14-15-23-24(16-19)34-32-30(33-23)29-28-21-11-5-7-13-26(21)36-27(28)17-22-20-10-4-6-12-25(20)35(32)31(22)29/h1-19H;2*1-17H. The van der Waals surface area contributed by atoms with Crippen molar-refractivity contribution in [1.82, 2.24) is 43.1 Å². The van der Waals surface area contributed by atoms with Gasteiger partial charge in [0.15, 0.2) is 16.9 Å². The topological polar surface area (TPSA) is 104 Å². The van der Waals surface area contributed by atoms with Crippen LogP contribution in [0.4, 0.5) is 0 Å². The van der Waals surface area contributed by atoms with E-state index in [0.29, 0.717) is 0 Å². The van der Waals surface area contributed by atoms with E-state index < -0.39 is 0 Å². The number of furan rings is 1. The second-order valence-electron chi connectivity index (χ2n) is 30.3. The second-order valence-corrected chi connectivity index (χ2v) is 33.4. The number of benzene rings is 16. The first-order valence-electron chi connectivity index (χ1n) is 38.6. The minimum absolute atomic E-state index is 0.888. The molecule has 0 saturated carbocycles. The van der Waals surface area contributed by atoms with Crippen LogP contribution in [-0.4, -0.2) is 43.1 Å². The van der Waals surface area contributed by atoms with Gasteiger partial charge in [-0.2, -0.15) is 0 Å². The van der Waals surface area contributed by atoms with Crippen LogP contribution >= 0.6 is 34.0 Å². The summed E-state index contributed by atoms with van der Waals surface area (Å²) in [7, 11) is 0. The molecule has 10 nitrogen and oxygen atoms in total. The van der Waals surface area contributed by atoms with Crippen molar-refractivity contribution in [3.05, 3.63) is 322 Å². The van der Waals surface area contributed by atoms with Gasteiger partial charge in [-0.25, -0.2) is 29.9 Å². The van der Waals surface area contributed by atoms with Crippen LogP contribution in [0, 0.1) is 0 Å². The number of hydrogen-bond acceptors (Lipinski definition) is 10. The van der Waals surface area contributed by atoms with E-state index in [4.69, 9.17) is 34.3 Å². The molecule has 0 radical (unpaired) electrons. The molecule has 0 aliphatic rings. The van der Waals surface area contributed by atoms with Crippen LogP contribution in [0.1, 0.15) is 0 Å². The van der Waals surface area contributed by atoms with Crippen LogP contribution in [0.3, 0.4) is 0 Å². The zero-order valence-electron chi connectivity index (χ0n) is 60.8. The van der Waals surface area contributed by atoms with Crippen molar-refractivity contribution in [3.8, 4) is 33.4 Å². The Morgan fingerprint density at radius 1 is 0.209 bits per heavy atom. The van der Waals surface area contributed by atoms with E-state index in [1.54, 1.807) is 0 Å². The number of para-hydroxylation sites is 4. The maximum Gasteiger partial charge on any atom is 0.165 e. The fourth-order valence-electron chi connectivity index (χ4n) is 19.1. The van der Waals surface area contributed by atoms with Crippen molar-refractivity contribution < 1.29 is 4.42 Å². The predicted octanol–water partition coefficient (Wildman–Crippen LogP) is 28.3. The lowest BCUT2D eigenvalue weighted by atomic mass is 10.0.